The Kier molecular flexibility index (Phi) is 5.20. The lowest BCUT2D eigenvalue weighted by atomic mass is 10.0. The SMILES string of the molecule is CCNC(Cc1cccc(Br)c1)c1cc(C)c(C)s1. The Labute approximate surface area is 128 Å². The van der Waals surface area contributed by atoms with Gasteiger partial charge in [0.1, 0.15) is 0 Å². The lowest BCUT2D eigenvalue weighted by Gasteiger charge is -2.16. The number of thiophene rings is 1. The predicted octanol–water partition coefficient (Wildman–Crippen LogP) is 5.02. The summed E-state index contributed by atoms with van der Waals surface area (Å²) in [6.07, 6.45) is 1.03. The molecule has 1 heterocycles. The second-order valence-corrected chi connectivity index (χ2v) is 7.04. The van der Waals surface area contributed by atoms with Crippen LogP contribution in [0.5, 0.6) is 0 Å². The molecule has 0 saturated heterocycles. The van der Waals surface area contributed by atoms with Gasteiger partial charge in [-0.3, -0.25) is 0 Å². The first kappa shape index (κ1) is 14.8. The van der Waals surface area contributed by atoms with Gasteiger partial charge in [-0.1, -0.05) is 35.0 Å². The highest BCUT2D eigenvalue weighted by Crippen LogP contribution is 2.29. The molecule has 0 bridgehead atoms. The van der Waals surface area contributed by atoms with Gasteiger partial charge >= 0.3 is 0 Å². The predicted molar refractivity (Wildman–Crippen MR) is 88.1 cm³/mol. The lowest BCUT2D eigenvalue weighted by molar-refractivity contribution is 0.558. The summed E-state index contributed by atoms with van der Waals surface area (Å²) in [5, 5.41) is 3.60. The van der Waals surface area contributed by atoms with Crippen molar-refractivity contribution in [3.63, 3.8) is 0 Å². The van der Waals surface area contributed by atoms with Crippen LogP contribution in [0.4, 0.5) is 0 Å². The molecule has 1 unspecified atom stereocenters. The van der Waals surface area contributed by atoms with Crippen molar-refractivity contribution in [1.82, 2.24) is 5.32 Å². The van der Waals surface area contributed by atoms with Gasteiger partial charge in [0, 0.05) is 20.3 Å². The number of nitrogens with one attached hydrogen (secondary N) is 1. The standard InChI is InChI=1S/C16H20BrNS/c1-4-18-15(16-8-11(2)12(3)19-16)10-13-6-5-7-14(17)9-13/h5-9,15,18H,4,10H2,1-3H3. The maximum absolute atomic E-state index is 3.60. The van der Waals surface area contributed by atoms with Crippen molar-refractivity contribution < 1.29 is 0 Å². The van der Waals surface area contributed by atoms with Crippen molar-refractivity contribution in [1.29, 1.82) is 0 Å². The first-order chi connectivity index (χ1) is 9.10. The molecule has 0 fully saturated rings. The Balaban J connectivity index is 2.20. The van der Waals surface area contributed by atoms with E-state index in [-0.39, 0.29) is 0 Å². The molecule has 1 aromatic carbocycles. The van der Waals surface area contributed by atoms with Crippen molar-refractivity contribution in [2.24, 2.45) is 0 Å². The summed E-state index contributed by atoms with van der Waals surface area (Å²) < 4.78 is 1.15. The highest BCUT2D eigenvalue weighted by Gasteiger charge is 2.14. The van der Waals surface area contributed by atoms with E-state index in [1.165, 1.54) is 20.9 Å². The Hall–Kier alpha value is -0.640. The second kappa shape index (κ2) is 6.69. The van der Waals surface area contributed by atoms with Crippen molar-refractivity contribution >= 4 is 27.3 Å². The first-order valence-corrected chi connectivity index (χ1v) is 8.26. The van der Waals surface area contributed by atoms with Crippen LogP contribution in [0.15, 0.2) is 34.8 Å². The van der Waals surface area contributed by atoms with Crippen LogP contribution in [-0.2, 0) is 6.42 Å². The molecule has 3 heteroatoms. The zero-order chi connectivity index (χ0) is 13.8. The number of hydrogen-bond acceptors (Lipinski definition) is 2. The van der Waals surface area contributed by atoms with Crippen molar-refractivity contribution in [2.75, 3.05) is 6.54 Å². The van der Waals surface area contributed by atoms with Crippen LogP contribution in [0.25, 0.3) is 0 Å². The topological polar surface area (TPSA) is 12.0 Å². The fraction of sp³-hybridized carbons (Fsp3) is 0.375. The van der Waals surface area contributed by atoms with Gasteiger partial charge in [0.15, 0.2) is 0 Å². The minimum atomic E-state index is 0.414. The Bertz CT molecular complexity index is 528. The third kappa shape index (κ3) is 3.91. The van der Waals surface area contributed by atoms with Crippen LogP contribution in [0, 0.1) is 13.8 Å². The minimum absolute atomic E-state index is 0.414. The van der Waals surface area contributed by atoms with E-state index in [1.54, 1.807) is 0 Å². The molecular weight excluding hydrogens is 318 g/mol. The molecule has 1 aromatic heterocycles. The zero-order valence-electron chi connectivity index (χ0n) is 11.7. The number of rotatable bonds is 5. The molecule has 1 nitrogen and oxygen atoms in total. The molecule has 2 rings (SSSR count). The molecule has 0 spiro atoms. The van der Waals surface area contributed by atoms with E-state index in [0.717, 1.165) is 17.4 Å². The molecule has 0 saturated carbocycles. The maximum atomic E-state index is 3.60. The third-order valence-electron chi connectivity index (χ3n) is 3.31. The number of benzene rings is 1. The molecule has 0 amide bonds. The van der Waals surface area contributed by atoms with Crippen LogP contribution in [0.2, 0.25) is 0 Å². The summed E-state index contributed by atoms with van der Waals surface area (Å²) in [6.45, 7) is 7.55. The molecular formula is C16H20BrNS. The van der Waals surface area contributed by atoms with Gasteiger partial charge in [-0.2, -0.15) is 0 Å². The summed E-state index contributed by atoms with van der Waals surface area (Å²) >= 11 is 5.46. The second-order valence-electron chi connectivity index (χ2n) is 4.83. The summed E-state index contributed by atoms with van der Waals surface area (Å²) in [6, 6.07) is 11.3. The minimum Gasteiger partial charge on any atom is -0.309 e. The highest BCUT2D eigenvalue weighted by molar-refractivity contribution is 9.10. The summed E-state index contributed by atoms with van der Waals surface area (Å²) in [5.74, 6) is 0. The number of likely N-dealkylation sites (N-methyl/N-ethyl adjacent to an activating group) is 1. The van der Waals surface area contributed by atoms with E-state index >= 15 is 0 Å². The molecule has 1 N–H and O–H groups in total. The smallest absolute Gasteiger partial charge is 0.0455 e. The van der Waals surface area contributed by atoms with Crippen LogP contribution in [0.1, 0.15) is 33.8 Å². The molecule has 1 atom stereocenters. The monoisotopic (exact) mass is 337 g/mol. The van der Waals surface area contributed by atoms with E-state index in [9.17, 15) is 0 Å². The van der Waals surface area contributed by atoms with Crippen molar-refractivity contribution in [3.05, 3.63) is 55.7 Å². The normalized spacial score (nSPS) is 12.6. The largest absolute Gasteiger partial charge is 0.309 e. The molecule has 19 heavy (non-hydrogen) atoms. The van der Waals surface area contributed by atoms with Crippen LogP contribution >= 0.6 is 27.3 Å². The van der Waals surface area contributed by atoms with E-state index in [4.69, 9.17) is 0 Å². The average Bonchev–Trinajstić information content (AvgIpc) is 2.69. The summed E-state index contributed by atoms with van der Waals surface area (Å²) in [4.78, 5) is 2.86. The summed E-state index contributed by atoms with van der Waals surface area (Å²) in [7, 11) is 0. The van der Waals surface area contributed by atoms with Gasteiger partial charge in [-0.05, 0) is 56.1 Å². The summed E-state index contributed by atoms with van der Waals surface area (Å²) in [5.41, 5.74) is 2.76. The van der Waals surface area contributed by atoms with Gasteiger partial charge in [0.25, 0.3) is 0 Å². The van der Waals surface area contributed by atoms with Gasteiger partial charge < -0.3 is 5.32 Å². The molecule has 0 radical (unpaired) electrons. The van der Waals surface area contributed by atoms with Crippen molar-refractivity contribution in [3.8, 4) is 0 Å². The van der Waals surface area contributed by atoms with E-state index in [0.29, 0.717) is 6.04 Å². The Morgan fingerprint density at radius 2 is 2.05 bits per heavy atom. The highest BCUT2D eigenvalue weighted by atomic mass is 79.9. The third-order valence-corrected chi connectivity index (χ3v) is 5.07. The van der Waals surface area contributed by atoms with Crippen molar-refractivity contribution in [2.45, 2.75) is 33.2 Å². The number of hydrogen-bond donors (Lipinski definition) is 1. The Morgan fingerprint density at radius 1 is 1.26 bits per heavy atom. The fourth-order valence-corrected chi connectivity index (χ4v) is 3.76. The first-order valence-electron chi connectivity index (χ1n) is 6.65. The van der Waals surface area contributed by atoms with Gasteiger partial charge in [0.2, 0.25) is 0 Å². The van der Waals surface area contributed by atoms with Gasteiger partial charge in [-0.15, -0.1) is 11.3 Å². The zero-order valence-corrected chi connectivity index (χ0v) is 14.1. The lowest BCUT2D eigenvalue weighted by Crippen LogP contribution is -2.22. The maximum Gasteiger partial charge on any atom is 0.0455 e. The average molecular weight is 338 g/mol. The Morgan fingerprint density at radius 3 is 2.63 bits per heavy atom. The number of aryl methyl sites for hydroxylation is 2. The van der Waals surface area contributed by atoms with E-state index in [1.807, 2.05) is 11.3 Å². The van der Waals surface area contributed by atoms with Crippen LogP contribution in [-0.4, -0.2) is 6.54 Å². The molecule has 0 aliphatic rings. The molecule has 0 aliphatic carbocycles. The number of halogens is 1. The van der Waals surface area contributed by atoms with E-state index < -0.39 is 0 Å². The van der Waals surface area contributed by atoms with E-state index in [2.05, 4.69) is 72.3 Å². The van der Waals surface area contributed by atoms with Crippen LogP contribution in [0.3, 0.4) is 0 Å². The quantitative estimate of drug-likeness (QED) is 0.807. The van der Waals surface area contributed by atoms with Crippen LogP contribution < -0.4 is 5.32 Å². The fourth-order valence-electron chi connectivity index (χ4n) is 2.19. The molecule has 102 valence electrons. The van der Waals surface area contributed by atoms with Gasteiger partial charge in [-0.25, -0.2) is 0 Å². The van der Waals surface area contributed by atoms with Gasteiger partial charge in [0.05, 0.1) is 0 Å². The molecule has 0 aliphatic heterocycles. The molecule has 2 aromatic rings.